The Balaban J connectivity index is 2.47. The van der Waals surface area contributed by atoms with Crippen LogP contribution in [-0.4, -0.2) is 10.2 Å². The van der Waals surface area contributed by atoms with Crippen molar-refractivity contribution >= 4 is 0 Å². The van der Waals surface area contributed by atoms with Gasteiger partial charge in [-0.2, -0.15) is 5.10 Å². The molecule has 0 radical (unpaired) electrons. The van der Waals surface area contributed by atoms with E-state index in [9.17, 15) is 8.78 Å². The lowest BCUT2D eigenvalue weighted by Gasteiger charge is -2.14. The summed E-state index contributed by atoms with van der Waals surface area (Å²) in [5, 5.41) is 8.03. The lowest BCUT2D eigenvalue weighted by Crippen LogP contribution is -2.11. The molecule has 0 aliphatic rings. The van der Waals surface area contributed by atoms with Crippen molar-refractivity contribution in [3.8, 4) is 11.6 Å². The summed E-state index contributed by atoms with van der Waals surface area (Å²) < 4.78 is 32.2. The molecule has 6 heteroatoms. The molecule has 0 spiro atoms. The zero-order valence-corrected chi connectivity index (χ0v) is 12.0. The van der Waals surface area contributed by atoms with Gasteiger partial charge >= 0.3 is 0 Å². The highest BCUT2D eigenvalue weighted by atomic mass is 19.1. The fourth-order valence-corrected chi connectivity index (χ4v) is 2.18. The van der Waals surface area contributed by atoms with Gasteiger partial charge < -0.3 is 10.5 Å². The van der Waals surface area contributed by atoms with E-state index in [0.29, 0.717) is 12.0 Å². The molecule has 1 heterocycles. The predicted molar refractivity (Wildman–Crippen MR) is 75.1 cm³/mol. The lowest BCUT2D eigenvalue weighted by molar-refractivity contribution is 0.410. The summed E-state index contributed by atoms with van der Waals surface area (Å²) in [5.74, 6) is -1.37. The standard InChI is InChI=1S/C15H17F2N3O/c1-3-10-11(8-18)15(20-19-13(10)4-2)21-14-7-9(16)5-6-12(14)17/h5-7H,3-4,8,18H2,1-2H3. The van der Waals surface area contributed by atoms with Gasteiger partial charge in [-0.05, 0) is 30.5 Å². The molecule has 0 amide bonds. The van der Waals surface area contributed by atoms with Crippen LogP contribution in [0.5, 0.6) is 11.6 Å². The Labute approximate surface area is 122 Å². The molecule has 0 fully saturated rings. The number of hydrogen-bond acceptors (Lipinski definition) is 4. The molecular weight excluding hydrogens is 276 g/mol. The minimum absolute atomic E-state index is 0.121. The number of hydrogen-bond donors (Lipinski definition) is 1. The third kappa shape index (κ3) is 3.16. The van der Waals surface area contributed by atoms with Crippen molar-refractivity contribution in [3.63, 3.8) is 0 Å². The number of halogens is 2. The fourth-order valence-electron chi connectivity index (χ4n) is 2.18. The summed E-state index contributed by atoms with van der Waals surface area (Å²) >= 11 is 0. The number of benzene rings is 1. The smallest absolute Gasteiger partial charge is 0.243 e. The molecule has 4 nitrogen and oxygen atoms in total. The summed E-state index contributed by atoms with van der Waals surface area (Å²) in [7, 11) is 0. The van der Waals surface area contributed by atoms with Crippen LogP contribution in [0.1, 0.15) is 30.7 Å². The predicted octanol–water partition coefficient (Wildman–Crippen LogP) is 3.13. The van der Waals surface area contributed by atoms with Crippen LogP contribution >= 0.6 is 0 Å². The van der Waals surface area contributed by atoms with E-state index in [1.807, 2.05) is 13.8 Å². The van der Waals surface area contributed by atoms with E-state index in [1.165, 1.54) is 0 Å². The first-order valence-corrected chi connectivity index (χ1v) is 6.80. The van der Waals surface area contributed by atoms with Gasteiger partial charge in [-0.25, -0.2) is 8.78 Å². The topological polar surface area (TPSA) is 61.0 Å². The van der Waals surface area contributed by atoms with Crippen LogP contribution in [0.25, 0.3) is 0 Å². The van der Waals surface area contributed by atoms with Crippen molar-refractivity contribution in [1.82, 2.24) is 10.2 Å². The maximum atomic E-state index is 13.6. The number of aryl methyl sites for hydroxylation is 1. The van der Waals surface area contributed by atoms with Gasteiger partial charge in [-0.1, -0.05) is 13.8 Å². The van der Waals surface area contributed by atoms with Crippen LogP contribution < -0.4 is 10.5 Å². The highest BCUT2D eigenvalue weighted by molar-refractivity contribution is 5.39. The summed E-state index contributed by atoms with van der Waals surface area (Å²) in [6, 6.07) is 2.99. The number of nitrogens with zero attached hydrogens (tertiary/aromatic N) is 2. The second-order valence-electron chi connectivity index (χ2n) is 4.50. The van der Waals surface area contributed by atoms with E-state index in [-0.39, 0.29) is 18.2 Å². The van der Waals surface area contributed by atoms with Crippen LogP contribution in [0, 0.1) is 11.6 Å². The molecule has 2 rings (SSSR count). The molecule has 21 heavy (non-hydrogen) atoms. The average molecular weight is 293 g/mol. The summed E-state index contributed by atoms with van der Waals surface area (Å²) in [5.41, 5.74) is 8.21. The van der Waals surface area contributed by atoms with Crippen molar-refractivity contribution in [2.75, 3.05) is 0 Å². The summed E-state index contributed by atoms with van der Waals surface area (Å²) in [4.78, 5) is 0. The summed E-state index contributed by atoms with van der Waals surface area (Å²) in [6.07, 6.45) is 1.44. The molecule has 1 aromatic carbocycles. The Morgan fingerprint density at radius 1 is 1.10 bits per heavy atom. The Hall–Kier alpha value is -2.08. The lowest BCUT2D eigenvalue weighted by atomic mass is 10.0. The van der Waals surface area contributed by atoms with E-state index in [0.717, 1.165) is 35.9 Å². The molecule has 0 bridgehead atoms. The van der Waals surface area contributed by atoms with E-state index >= 15 is 0 Å². The Morgan fingerprint density at radius 3 is 2.48 bits per heavy atom. The Morgan fingerprint density at radius 2 is 1.86 bits per heavy atom. The van der Waals surface area contributed by atoms with Crippen LogP contribution in [0.2, 0.25) is 0 Å². The third-order valence-electron chi connectivity index (χ3n) is 3.22. The van der Waals surface area contributed by atoms with Gasteiger partial charge in [-0.3, -0.25) is 0 Å². The molecule has 1 aromatic heterocycles. The SMILES string of the molecule is CCc1nnc(Oc2cc(F)ccc2F)c(CN)c1CC. The number of ether oxygens (including phenoxy) is 1. The fraction of sp³-hybridized carbons (Fsp3) is 0.333. The number of aromatic nitrogens is 2. The molecule has 0 atom stereocenters. The zero-order valence-electron chi connectivity index (χ0n) is 12.0. The van der Waals surface area contributed by atoms with E-state index in [2.05, 4.69) is 10.2 Å². The Kier molecular flexibility index (Phi) is 4.80. The summed E-state index contributed by atoms with van der Waals surface area (Å²) in [6.45, 7) is 4.14. The van der Waals surface area contributed by atoms with E-state index in [4.69, 9.17) is 10.5 Å². The first-order chi connectivity index (χ1) is 10.1. The van der Waals surface area contributed by atoms with Crippen molar-refractivity contribution in [2.45, 2.75) is 33.2 Å². The third-order valence-corrected chi connectivity index (χ3v) is 3.22. The quantitative estimate of drug-likeness (QED) is 0.920. The molecule has 0 saturated carbocycles. The van der Waals surface area contributed by atoms with E-state index < -0.39 is 11.6 Å². The molecule has 2 aromatic rings. The van der Waals surface area contributed by atoms with Gasteiger partial charge in [0.25, 0.3) is 0 Å². The maximum absolute atomic E-state index is 13.6. The van der Waals surface area contributed by atoms with Crippen molar-refractivity contribution < 1.29 is 13.5 Å². The minimum atomic E-state index is -0.668. The number of nitrogens with two attached hydrogens (primary N) is 1. The molecule has 0 aliphatic heterocycles. The van der Waals surface area contributed by atoms with Crippen LogP contribution in [-0.2, 0) is 19.4 Å². The zero-order chi connectivity index (χ0) is 15.4. The van der Waals surface area contributed by atoms with Crippen LogP contribution in [0.3, 0.4) is 0 Å². The van der Waals surface area contributed by atoms with Gasteiger partial charge in [0.15, 0.2) is 11.6 Å². The normalized spacial score (nSPS) is 10.7. The maximum Gasteiger partial charge on any atom is 0.243 e. The highest BCUT2D eigenvalue weighted by Crippen LogP contribution is 2.29. The van der Waals surface area contributed by atoms with Gasteiger partial charge in [-0.15, -0.1) is 5.10 Å². The van der Waals surface area contributed by atoms with Gasteiger partial charge in [0.1, 0.15) is 5.82 Å². The Bertz CT molecular complexity index is 647. The van der Waals surface area contributed by atoms with Crippen LogP contribution in [0.4, 0.5) is 8.78 Å². The van der Waals surface area contributed by atoms with Crippen molar-refractivity contribution in [3.05, 3.63) is 46.7 Å². The van der Waals surface area contributed by atoms with E-state index in [1.54, 1.807) is 0 Å². The molecule has 0 unspecified atom stereocenters. The monoisotopic (exact) mass is 293 g/mol. The second-order valence-corrected chi connectivity index (χ2v) is 4.50. The molecule has 2 N–H and O–H groups in total. The molecule has 0 saturated heterocycles. The first kappa shape index (κ1) is 15.3. The minimum Gasteiger partial charge on any atom is -0.434 e. The van der Waals surface area contributed by atoms with Gasteiger partial charge in [0.2, 0.25) is 5.88 Å². The molecule has 0 aliphatic carbocycles. The number of rotatable bonds is 5. The second kappa shape index (κ2) is 6.58. The van der Waals surface area contributed by atoms with Crippen molar-refractivity contribution in [2.24, 2.45) is 5.73 Å². The highest BCUT2D eigenvalue weighted by Gasteiger charge is 2.16. The van der Waals surface area contributed by atoms with Gasteiger partial charge in [0.05, 0.1) is 5.69 Å². The largest absolute Gasteiger partial charge is 0.434 e. The molecule has 112 valence electrons. The van der Waals surface area contributed by atoms with Crippen LogP contribution in [0.15, 0.2) is 18.2 Å². The van der Waals surface area contributed by atoms with Gasteiger partial charge in [0, 0.05) is 18.2 Å². The average Bonchev–Trinajstić information content (AvgIpc) is 2.50. The molecular formula is C15H17F2N3O. The first-order valence-electron chi connectivity index (χ1n) is 6.80. The van der Waals surface area contributed by atoms with Crippen molar-refractivity contribution in [1.29, 1.82) is 0 Å².